The molecule has 1 unspecified atom stereocenters. The molecule has 7 heteroatoms. The molecule has 1 aromatic carbocycles. The number of hydrogen-bond donors (Lipinski definition) is 1. The fourth-order valence-electron chi connectivity index (χ4n) is 2.20. The van der Waals surface area contributed by atoms with Crippen LogP contribution >= 0.6 is 0 Å². The standard InChI is InChI=1S/C18H28F2N2O3/c1-13(14-7-6-8-15(19)16(14)20)21-9-10-22(11-12-24-5)17(23)25-18(2,3)4/h6-8,13,21H,9-12H2,1-5H3. The van der Waals surface area contributed by atoms with Crippen LogP contribution in [0, 0.1) is 11.6 Å². The van der Waals surface area contributed by atoms with Crippen LogP contribution in [0.1, 0.15) is 39.3 Å². The minimum atomic E-state index is -0.873. The predicted molar refractivity (Wildman–Crippen MR) is 92.5 cm³/mol. The van der Waals surface area contributed by atoms with Gasteiger partial charge < -0.3 is 19.7 Å². The lowest BCUT2D eigenvalue weighted by molar-refractivity contribution is 0.0203. The molecule has 0 radical (unpaired) electrons. The number of nitrogens with one attached hydrogen (secondary N) is 1. The van der Waals surface area contributed by atoms with Crippen molar-refractivity contribution in [1.82, 2.24) is 10.2 Å². The van der Waals surface area contributed by atoms with E-state index in [-0.39, 0.29) is 5.56 Å². The highest BCUT2D eigenvalue weighted by atomic mass is 19.2. The summed E-state index contributed by atoms with van der Waals surface area (Å²) in [6.07, 6.45) is -0.434. The smallest absolute Gasteiger partial charge is 0.410 e. The van der Waals surface area contributed by atoms with Gasteiger partial charge in [0.05, 0.1) is 6.61 Å². The van der Waals surface area contributed by atoms with Crippen LogP contribution in [0.15, 0.2) is 18.2 Å². The summed E-state index contributed by atoms with van der Waals surface area (Å²) in [5.41, 5.74) is -0.339. The minimum absolute atomic E-state index is 0.251. The van der Waals surface area contributed by atoms with Crippen LogP contribution in [-0.2, 0) is 9.47 Å². The van der Waals surface area contributed by atoms with Crippen LogP contribution in [0.2, 0.25) is 0 Å². The van der Waals surface area contributed by atoms with Crippen molar-refractivity contribution in [3.63, 3.8) is 0 Å². The maximum absolute atomic E-state index is 13.8. The Morgan fingerprint density at radius 1 is 1.28 bits per heavy atom. The lowest BCUT2D eigenvalue weighted by atomic mass is 10.1. The molecule has 0 fully saturated rings. The molecule has 0 aliphatic carbocycles. The molecule has 0 aliphatic rings. The fraction of sp³-hybridized carbons (Fsp3) is 0.611. The molecule has 1 rings (SSSR count). The summed E-state index contributed by atoms with van der Waals surface area (Å²) in [5, 5.41) is 3.09. The average Bonchev–Trinajstić information content (AvgIpc) is 2.51. The van der Waals surface area contributed by atoms with Gasteiger partial charge in [0.25, 0.3) is 0 Å². The van der Waals surface area contributed by atoms with Crippen molar-refractivity contribution in [2.75, 3.05) is 33.4 Å². The van der Waals surface area contributed by atoms with Crippen molar-refractivity contribution in [3.05, 3.63) is 35.4 Å². The summed E-state index contributed by atoms with van der Waals surface area (Å²) < 4.78 is 37.5. The maximum Gasteiger partial charge on any atom is 0.410 e. The number of nitrogens with zero attached hydrogens (tertiary/aromatic N) is 1. The number of ether oxygens (including phenoxy) is 2. The van der Waals surface area contributed by atoms with Gasteiger partial charge in [-0.05, 0) is 33.8 Å². The van der Waals surface area contributed by atoms with Crippen molar-refractivity contribution in [2.45, 2.75) is 39.3 Å². The Hall–Kier alpha value is -1.73. The van der Waals surface area contributed by atoms with E-state index in [1.165, 1.54) is 17.0 Å². The average molecular weight is 358 g/mol. The molecule has 0 spiro atoms. The first-order valence-corrected chi connectivity index (χ1v) is 8.30. The molecule has 0 bridgehead atoms. The van der Waals surface area contributed by atoms with Gasteiger partial charge in [-0.2, -0.15) is 0 Å². The summed E-state index contributed by atoms with van der Waals surface area (Å²) >= 11 is 0. The molecule has 25 heavy (non-hydrogen) atoms. The Labute approximate surface area is 148 Å². The van der Waals surface area contributed by atoms with E-state index in [4.69, 9.17) is 9.47 Å². The summed E-state index contributed by atoms with van der Waals surface area (Å²) in [7, 11) is 1.56. The zero-order valence-corrected chi connectivity index (χ0v) is 15.6. The Kier molecular flexibility index (Phi) is 8.25. The SMILES string of the molecule is COCCN(CCNC(C)c1cccc(F)c1F)C(=O)OC(C)(C)C. The molecule has 1 atom stereocenters. The van der Waals surface area contributed by atoms with Gasteiger partial charge in [-0.25, -0.2) is 13.6 Å². The number of carbonyl (C=O) groups is 1. The largest absolute Gasteiger partial charge is 0.444 e. The number of halogens is 2. The molecule has 0 aromatic heterocycles. The molecule has 1 amide bonds. The van der Waals surface area contributed by atoms with E-state index in [1.54, 1.807) is 34.8 Å². The van der Waals surface area contributed by atoms with Crippen LogP contribution in [0.5, 0.6) is 0 Å². The van der Waals surface area contributed by atoms with E-state index in [1.807, 2.05) is 0 Å². The van der Waals surface area contributed by atoms with Gasteiger partial charge in [0, 0.05) is 38.3 Å². The molecule has 5 nitrogen and oxygen atoms in total. The van der Waals surface area contributed by atoms with E-state index >= 15 is 0 Å². The monoisotopic (exact) mass is 358 g/mol. The molecule has 0 saturated carbocycles. The number of amides is 1. The number of hydrogen-bond acceptors (Lipinski definition) is 4. The lowest BCUT2D eigenvalue weighted by Gasteiger charge is -2.28. The quantitative estimate of drug-likeness (QED) is 0.773. The van der Waals surface area contributed by atoms with Gasteiger partial charge in [0.15, 0.2) is 11.6 Å². The summed E-state index contributed by atoms with van der Waals surface area (Å²) in [5.74, 6) is -1.73. The van der Waals surface area contributed by atoms with Crippen molar-refractivity contribution in [1.29, 1.82) is 0 Å². The van der Waals surface area contributed by atoms with Gasteiger partial charge in [-0.15, -0.1) is 0 Å². The first kappa shape index (κ1) is 21.3. The molecule has 0 aliphatic heterocycles. The lowest BCUT2D eigenvalue weighted by Crippen LogP contribution is -2.42. The second-order valence-electron chi connectivity index (χ2n) is 6.78. The molecule has 142 valence electrons. The van der Waals surface area contributed by atoms with Crippen molar-refractivity contribution in [3.8, 4) is 0 Å². The number of carbonyl (C=O) groups excluding carboxylic acids is 1. The third-order valence-electron chi connectivity index (χ3n) is 3.50. The summed E-state index contributed by atoms with van der Waals surface area (Å²) in [4.78, 5) is 13.7. The molecule has 0 heterocycles. The molecule has 0 saturated heterocycles. The normalized spacial score (nSPS) is 12.8. The fourth-order valence-corrected chi connectivity index (χ4v) is 2.20. The third-order valence-corrected chi connectivity index (χ3v) is 3.50. The second kappa shape index (κ2) is 9.68. The Morgan fingerprint density at radius 2 is 1.96 bits per heavy atom. The van der Waals surface area contributed by atoms with Crippen LogP contribution < -0.4 is 5.32 Å². The van der Waals surface area contributed by atoms with E-state index in [2.05, 4.69) is 5.32 Å². The van der Waals surface area contributed by atoms with Crippen molar-refractivity contribution < 1.29 is 23.0 Å². The van der Waals surface area contributed by atoms with Crippen molar-refractivity contribution >= 4 is 6.09 Å². The van der Waals surface area contributed by atoms with E-state index < -0.39 is 29.4 Å². The van der Waals surface area contributed by atoms with Crippen molar-refractivity contribution in [2.24, 2.45) is 0 Å². The zero-order chi connectivity index (χ0) is 19.0. The maximum atomic E-state index is 13.8. The zero-order valence-electron chi connectivity index (χ0n) is 15.6. The topological polar surface area (TPSA) is 50.8 Å². The van der Waals surface area contributed by atoms with Crippen LogP contribution in [0.3, 0.4) is 0 Å². The highest BCUT2D eigenvalue weighted by molar-refractivity contribution is 5.68. The summed E-state index contributed by atoms with van der Waals surface area (Å²) in [6, 6.07) is 3.70. The van der Waals surface area contributed by atoms with Gasteiger partial charge in [0.2, 0.25) is 0 Å². The van der Waals surface area contributed by atoms with Gasteiger partial charge >= 0.3 is 6.09 Å². The number of rotatable bonds is 8. The minimum Gasteiger partial charge on any atom is -0.444 e. The third kappa shape index (κ3) is 7.36. The molecular formula is C18H28F2N2O3. The van der Waals surface area contributed by atoms with E-state index in [0.717, 1.165) is 6.07 Å². The van der Waals surface area contributed by atoms with Crippen LogP contribution in [-0.4, -0.2) is 49.9 Å². The van der Waals surface area contributed by atoms with E-state index in [0.29, 0.717) is 26.2 Å². The highest BCUT2D eigenvalue weighted by Crippen LogP contribution is 2.18. The Morgan fingerprint density at radius 3 is 2.56 bits per heavy atom. The van der Waals surface area contributed by atoms with Crippen LogP contribution in [0.4, 0.5) is 13.6 Å². The second-order valence-corrected chi connectivity index (χ2v) is 6.78. The molecule has 1 N–H and O–H groups in total. The van der Waals surface area contributed by atoms with Gasteiger partial charge in [-0.3, -0.25) is 0 Å². The van der Waals surface area contributed by atoms with E-state index in [9.17, 15) is 13.6 Å². The number of methoxy groups -OCH3 is 1. The first-order chi connectivity index (χ1) is 11.7. The highest BCUT2D eigenvalue weighted by Gasteiger charge is 2.22. The molecule has 1 aromatic rings. The Bertz CT molecular complexity index is 562. The predicted octanol–water partition coefficient (Wildman–Crippen LogP) is 3.50. The Balaban J connectivity index is 2.61. The summed E-state index contributed by atoms with van der Waals surface area (Å²) in [6.45, 7) is 8.67. The van der Waals surface area contributed by atoms with Gasteiger partial charge in [0.1, 0.15) is 5.60 Å². The molecular weight excluding hydrogens is 330 g/mol. The van der Waals surface area contributed by atoms with Gasteiger partial charge in [-0.1, -0.05) is 12.1 Å². The first-order valence-electron chi connectivity index (χ1n) is 8.30. The number of benzene rings is 1. The van der Waals surface area contributed by atoms with Crippen LogP contribution in [0.25, 0.3) is 0 Å².